The van der Waals surface area contributed by atoms with Crippen LogP contribution in [0.1, 0.15) is 41.0 Å². The molecule has 0 saturated carbocycles. The number of rotatable bonds is 5. The molecule has 0 unspecified atom stereocenters. The molecule has 1 aliphatic heterocycles. The van der Waals surface area contributed by atoms with Gasteiger partial charge in [-0.15, -0.1) is 12.4 Å². The van der Waals surface area contributed by atoms with Gasteiger partial charge in [0.05, 0.1) is 22.1 Å². The van der Waals surface area contributed by atoms with Gasteiger partial charge in [0.25, 0.3) is 5.91 Å². The van der Waals surface area contributed by atoms with Crippen LogP contribution in [0.25, 0.3) is 5.69 Å². The first kappa shape index (κ1) is 21.7. The van der Waals surface area contributed by atoms with Gasteiger partial charge in [-0.2, -0.15) is 5.10 Å². The number of likely N-dealkylation sites (tertiary alicyclic amines) is 1. The Morgan fingerprint density at radius 1 is 1.22 bits per heavy atom. The molecule has 1 fully saturated rings. The molecule has 3 rings (SSSR count). The molecule has 1 amide bonds. The van der Waals surface area contributed by atoms with Gasteiger partial charge in [-0.05, 0) is 76.9 Å². The first-order valence-corrected chi connectivity index (χ1v) is 9.65. The SMILES string of the molecule is CNCCC1CCN(C(=O)c2ccc(-n3nc(C)c(Cl)c3C)cc2)CC1.Cl. The van der Waals surface area contributed by atoms with Crippen molar-refractivity contribution in [2.45, 2.75) is 33.1 Å². The van der Waals surface area contributed by atoms with Crippen molar-refractivity contribution in [3.8, 4) is 5.69 Å². The van der Waals surface area contributed by atoms with Gasteiger partial charge in [-0.1, -0.05) is 11.6 Å². The van der Waals surface area contributed by atoms with Crippen LogP contribution in [0.2, 0.25) is 5.02 Å². The fourth-order valence-electron chi connectivity index (χ4n) is 3.58. The topological polar surface area (TPSA) is 50.2 Å². The van der Waals surface area contributed by atoms with E-state index in [4.69, 9.17) is 11.6 Å². The Hall–Kier alpha value is -1.56. The van der Waals surface area contributed by atoms with Crippen molar-refractivity contribution in [2.24, 2.45) is 5.92 Å². The number of hydrogen-bond donors (Lipinski definition) is 1. The quantitative estimate of drug-likeness (QED) is 0.809. The van der Waals surface area contributed by atoms with Gasteiger partial charge in [0.15, 0.2) is 0 Å². The van der Waals surface area contributed by atoms with E-state index in [1.807, 2.05) is 54.7 Å². The average molecular weight is 411 g/mol. The van der Waals surface area contributed by atoms with E-state index in [0.717, 1.165) is 61.0 Å². The van der Waals surface area contributed by atoms with Gasteiger partial charge in [-0.25, -0.2) is 4.68 Å². The molecule has 1 saturated heterocycles. The number of halogens is 2. The van der Waals surface area contributed by atoms with Crippen molar-refractivity contribution in [2.75, 3.05) is 26.7 Å². The van der Waals surface area contributed by atoms with Crippen LogP contribution < -0.4 is 5.32 Å². The van der Waals surface area contributed by atoms with Crippen molar-refractivity contribution >= 4 is 29.9 Å². The highest BCUT2D eigenvalue weighted by Gasteiger charge is 2.23. The summed E-state index contributed by atoms with van der Waals surface area (Å²) in [6, 6.07) is 7.63. The molecule has 0 bridgehead atoms. The molecule has 1 aromatic carbocycles. The molecular formula is C20H28Cl2N4O. The Labute approximate surface area is 172 Å². The number of carbonyl (C=O) groups excluding carboxylic acids is 1. The van der Waals surface area contributed by atoms with E-state index in [0.29, 0.717) is 5.02 Å². The lowest BCUT2D eigenvalue weighted by Crippen LogP contribution is -2.38. The lowest BCUT2D eigenvalue weighted by molar-refractivity contribution is 0.0687. The van der Waals surface area contributed by atoms with Crippen molar-refractivity contribution < 1.29 is 4.79 Å². The minimum absolute atomic E-state index is 0. The molecule has 0 aliphatic carbocycles. The van der Waals surface area contributed by atoms with E-state index >= 15 is 0 Å². The Balaban J connectivity index is 0.00000261. The van der Waals surface area contributed by atoms with Crippen molar-refractivity contribution in [3.05, 3.63) is 46.2 Å². The summed E-state index contributed by atoms with van der Waals surface area (Å²) < 4.78 is 1.82. The van der Waals surface area contributed by atoms with Gasteiger partial charge in [0.2, 0.25) is 0 Å². The highest BCUT2D eigenvalue weighted by Crippen LogP contribution is 2.24. The van der Waals surface area contributed by atoms with Crippen LogP contribution in [0.15, 0.2) is 24.3 Å². The molecule has 0 atom stereocenters. The molecule has 1 N–H and O–H groups in total. The van der Waals surface area contributed by atoms with E-state index in [2.05, 4.69) is 10.4 Å². The van der Waals surface area contributed by atoms with Crippen LogP contribution in [0.3, 0.4) is 0 Å². The molecule has 1 aromatic heterocycles. The van der Waals surface area contributed by atoms with Gasteiger partial charge >= 0.3 is 0 Å². The fourth-order valence-corrected chi connectivity index (χ4v) is 3.69. The number of aromatic nitrogens is 2. The lowest BCUT2D eigenvalue weighted by atomic mass is 9.93. The zero-order chi connectivity index (χ0) is 18.7. The van der Waals surface area contributed by atoms with Crippen molar-refractivity contribution in [3.63, 3.8) is 0 Å². The Bertz CT molecular complexity index is 765. The molecule has 27 heavy (non-hydrogen) atoms. The highest BCUT2D eigenvalue weighted by molar-refractivity contribution is 6.31. The number of aryl methyl sites for hydroxylation is 1. The second kappa shape index (κ2) is 9.58. The van der Waals surface area contributed by atoms with Gasteiger partial charge in [0, 0.05) is 18.7 Å². The summed E-state index contributed by atoms with van der Waals surface area (Å²) in [6.07, 6.45) is 3.38. The zero-order valence-corrected chi connectivity index (χ0v) is 17.7. The third-order valence-corrected chi connectivity index (χ3v) is 5.81. The second-order valence-electron chi connectivity index (χ2n) is 7.07. The van der Waals surface area contributed by atoms with Gasteiger partial charge in [-0.3, -0.25) is 4.79 Å². The maximum atomic E-state index is 12.8. The van der Waals surface area contributed by atoms with E-state index in [1.165, 1.54) is 6.42 Å². The van der Waals surface area contributed by atoms with Crippen molar-refractivity contribution in [1.29, 1.82) is 0 Å². The van der Waals surface area contributed by atoms with Crippen LogP contribution in [0.5, 0.6) is 0 Å². The number of hydrogen-bond acceptors (Lipinski definition) is 3. The zero-order valence-electron chi connectivity index (χ0n) is 16.2. The standard InChI is InChI=1S/C20H27ClN4O.ClH/c1-14-19(21)15(2)25(23-14)18-6-4-17(5-7-18)20(26)24-12-9-16(10-13-24)8-11-22-3;/h4-7,16,22H,8-13H2,1-3H3;1H. The van der Waals surface area contributed by atoms with E-state index in [9.17, 15) is 4.79 Å². The molecule has 2 heterocycles. The molecule has 148 valence electrons. The molecule has 2 aromatic rings. The number of nitrogens with one attached hydrogen (secondary N) is 1. The molecule has 5 nitrogen and oxygen atoms in total. The Morgan fingerprint density at radius 3 is 2.37 bits per heavy atom. The molecular weight excluding hydrogens is 383 g/mol. The highest BCUT2D eigenvalue weighted by atomic mass is 35.5. The fraction of sp³-hybridized carbons (Fsp3) is 0.500. The molecule has 7 heteroatoms. The molecule has 1 aliphatic rings. The number of nitrogens with zero attached hydrogens (tertiary/aromatic N) is 3. The summed E-state index contributed by atoms with van der Waals surface area (Å²) in [5, 5.41) is 8.35. The number of benzene rings is 1. The summed E-state index contributed by atoms with van der Waals surface area (Å²) in [4.78, 5) is 14.7. The summed E-state index contributed by atoms with van der Waals surface area (Å²) >= 11 is 6.23. The minimum atomic E-state index is 0. The lowest BCUT2D eigenvalue weighted by Gasteiger charge is -2.32. The van der Waals surface area contributed by atoms with Gasteiger partial charge < -0.3 is 10.2 Å². The molecule has 0 radical (unpaired) electrons. The predicted octanol–water partition coefficient (Wildman–Crippen LogP) is 4.03. The predicted molar refractivity (Wildman–Crippen MR) is 112 cm³/mol. The minimum Gasteiger partial charge on any atom is -0.339 e. The maximum absolute atomic E-state index is 12.8. The van der Waals surface area contributed by atoms with Crippen LogP contribution >= 0.6 is 24.0 Å². The number of amides is 1. The first-order valence-electron chi connectivity index (χ1n) is 9.27. The summed E-state index contributed by atoms with van der Waals surface area (Å²) in [7, 11) is 1.99. The largest absolute Gasteiger partial charge is 0.339 e. The second-order valence-corrected chi connectivity index (χ2v) is 7.45. The Morgan fingerprint density at radius 2 is 1.85 bits per heavy atom. The van der Waals surface area contributed by atoms with Crippen LogP contribution in [-0.2, 0) is 0 Å². The smallest absolute Gasteiger partial charge is 0.253 e. The van der Waals surface area contributed by atoms with Crippen LogP contribution in [-0.4, -0.2) is 47.3 Å². The maximum Gasteiger partial charge on any atom is 0.253 e. The van der Waals surface area contributed by atoms with E-state index in [1.54, 1.807) is 0 Å². The van der Waals surface area contributed by atoms with E-state index < -0.39 is 0 Å². The van der Waals surface area contributed by atoms with Crippen LogP contribution in [0.4, 0.5) is 0 Å². The third kappa shape index (κ3) is 4.84. The van der Waals surface area contributed by atoms with Gasteiger partial charge in [0.1, 0.15) is 0 Å². The number of piperidine rings is 1. The summed E-state index contributed by atoms with van der Waals surface area (Å²) in [5.74, 6) is 0.847. The van der Waals surface area contributed by atoms with E-state index in [-0.39, 0.29) is 18.3 Å². The Kier molecular flexibility index (Phi) is 7.71. The first-order chi connectivity index (χ1) is 12.5. The summed E-state index contributed by atoms with van der Waals surface area (Å²) in [6.45, 7) is 6.59. The molecule has 0 spiro atoms. The van der Waals surface area contributed by atoms with Crippen molar-refractivity contribution in [1.82, 2.24) is 20.0 Å². The monoisotopic (exact) mass is 410 g/mol. The summed E-state index contributed by atoms with van der Waals surface area (Å²) in [5.41, 5.74) is 3.37. The van der Waals surface area contributed by atoms with Crippen LogP contribution in [0, 0.1) is 19.8 Å². The average Bonchev–Trinajstić information content (AvgIpc) is 2.94. The number of carbonyl (C=O) groups is 1. The third-order valence-electron chi connectivity index (χ3n) is 5.27. The normalized spacial score (nSPS) is 14.9.